The lowest BCUT2D eigenvalue weighted by Gasteiger charge is -2.24. The van der Waals surface area contributed by atoms with Gasteiger partial charge in [0.05, 0.1) is 5.75 Å². The summed E-state index contributed by atoms with van der Waals surface area (Å²) in [5.41, 5.74) is 0. The van der Waals surface area contributed by atoms with Gasteiger partial charge in [0.15, 0.2) is 0 Å². The predicted octanol–water partition coefficient (Wildman–Crippen LogP) is 0.726. The van der Waals surface area contributed by atoms with E-state index in [-0.39, 0.29) is 0 Å². The molecule has 11 heavy (non-hydrogen) atoms. The Morgan fingerprint density at radius 3 is 2.45 bits per heavy atom. The first-order valence-corrected chi connectivity index (χ1v) is 5.76. The fraction of sp³-hybridized carbons (Fsp3) is 1.00. The quantitative estimate of drug-likeness (QED) is 0.688. The van der Waals surface area contributed by atoms with E-state index in [1.165, 1.54) is 6.42 Å². The van der Waals surface area contributed by atoms with Gasteiger partial charge in [0, 0.05) is 6.54 Å². The van der Waals surface area contributed by atoms with E-state index in [2.05, 4.69) is 4.72 Å². The summed E-state index contributed by atoms with van der Waals surface area (Å²) in [5, 5.41) is 0. The summed E-state index contributed by atoms with van der Waals surface area (Å²) in [5.74, 6) is 0.764. The fourth-order valence-corrected chi connectivity index (χ4v) is 2.76. The summed E-state index contributed by atoms with van der Waals surface area (Å²) in [7, 11) is -2.94. The van der Waals surface area contributed by atoms with Crippen LogP contribution in [0.4, 0.5) is 0 Å². The molecule has 0 unspecified atom stereocenters. The lowest BCUT2D eigenvalue weighted by atomic mass is 9.87. The Labute approximate surface area is 68.2 Å². The van der Waals surface area contributed by atoms with Crippen molar-refractivity contribution in [3.63, 3.8) is 0 Å². The SMILES string of the molecule is CCNS(=O)(=O)CC1CCC1. The number of nitrogens with one attached hydrogen (secondary N) is 1. The molecule has 0 saturated heterocycles. The van der Waals surface area contributed by atoms with E-state index in [4.69, 9.17) is 0 Å². The average molecular weight is 177 g/mol. The molecule has 0 aromatic heterocycles. The van der Waals surface area contributed by atoms with E-state index in [1.54, 1.807) is 6.92 Å². The third-order valence-electron chi connectivity index (χ3n) is 2.04. The Kier molecular flexibility index (Phi) is 2.90. The second kappa shape index (κ2) is 3.54. The van der Waals surface area contributed by atoms with Crippen molar-refractivity contribution < 1.29 is 8.42 Å². The van der Waals surface area contributed by atoms with Crippen LogP contribution < -0.4 is 4.72 Å². The highest BCUT2D eigenvalue weighted by atomic mass is 32.2. The van der Waals surface area contributed by atoms with Crippen molar-refractivity contribution in [2.75, 3.05) is 12.3 Å². The first kappa shape index (κ1) is 9.00. The van der Waals surface area contributed by atoms with Gasteiger partial charge in [-0.1, -0.05) is 13.3 Å². The minimum Gasteiger partial charge on any atom is -0.216 e. The number of rotatable bonds is 4. The Morgan fingerprint density at radius 1 is 1.45 bits per heavy atom. The zero-order valence-electron chi connectivity index (χ0n) is 6.84. The third-order valence-corrected chi connectivity index (χ3v) is 3.68. The van der Waals surface area contributed by atoms with Gasteiger partial charge in [-0.15, -0.1) is 0 Å². The van der Waals surface area contributed by atoms with Gasteiger partial charge >= 0.3 is 0 Å². The second-order valence-corrected chi connectivity index (χ2v) is 4.93. The van der Waals surface area contributed by atoms with Crippen LogP contribution in [0, 0.1) is 5.92 Å². The lowest BCUT2D eigenvalue weighted by molar-refractivity contribution is 0.346. The molecule has 0 heterocycles. The van der Waals surface area contributed by atoms with E-state index >= 15 is 0 Å². The molecular weight excluding hydrogens is 162 g/mol. The highest BCUT2D eigenvalue weighted by molar-refractivity contribution is 7.89. The molecule has 1 aliphatic carbocycles. The minimum absolute atomic E-state index is 0.334. The molecule has 0 aliphatic heterocycles. The van der Waals surface area contributed by atoms with Crippen molar-refractivity contribution in [2.24, 2.45) is 5.92 Å². The van der Waals surface area contributed by atoms with Crippen LogP contribution in [0.5, 0.6) is 0 Å². The van der Waals surface area contributed by atoms with Gasteiger partial charge in [-0.25, -0.2) is 13.1 Å². The summed E-state index contributed by atoms with van der Waals surface area (Å²) in [6.45, 7) is 2.31. The number of hydrogen-bond donors (Lipinski definition) is 1. The van der Waals surface area contributed by atoms with Crippen LogP contribution >= 0.6 is 0 Å². The van der Waals surface area contributed by atoms with Crippen molar-refractivity contribution >= 4 is 10.0 Å². The Hall–Kier alpha value is -0.0900. The molecule has 1 saturated carbocycles. The van der Waals surface area contributed by atoms with Gasteiger partial charge < -0.3 is 0 Å². The summed E-state index contributed by atoms with van der Waals surface area (Å²) in [6, 6.07) is 0. The normalized spacial score (nSPS) is 19.7. The monoisotopic (exact) mass is 177 g/mol. The molecule has 0 spiro atoms. The van der Waals surface area contributed by atoms with E-state index in [0.717, 1.165) is 12.8 Å². The van der Waals surface area contributed by atoms with Crippen molar-refractivity contribution in [3.8, 4) is 0 Å². The molecule has 3 nitrogen and oxygen atoms in total. The molecule has 0 aromatic carbocycles. The van der Waals surface area contributed by atoms with Gasteiger partial charge in [0.1, 0.15) is 0 Å². The lowest BCUT2D eigenvalue weighted by Crippen LogP contribution is -2.31. The summed E-state index contributed by atoms with van der Waals surface area (Å²) in [6.07, 6.45) is 3.38. The summed E-state index contributed by atoms with van der Waals surface area (Å²) >= 11 is 0. The maximum atomic E-state index is 11.1. The fourth-order valence-electron chi connectivity index (χ4n) is 1.25. The maximum absolute atomic E-state index is 11.1. The largest absolute Gasteiger partial charge is 0.216 e. The van der Waals surface area contributed by atoms with Gasteiger partial charge in [-0.3, -0.25) is 0 Å². The van der Waals surface area contributed by atoms with E-state index in [9.17, 15) is 8.42 Å². The van der Waals surface area contributed by atoms with Gasteiger partial charge in [-0.05, 0) is 18.8 Å². The maximum Gasteiger partial charge on any atom is 0.211 e. The Morgan fingerprint density at radius 2 is 2.09 bits per heavy atom. The standard InChI is InChI=1S/C7H15NO2S/c1-2-8-11(9,10)6-7-4-3-5-7/h7-8H,2-6H2,1H3. The Balaban J connectivity index is 2.33. The highest BCUT2D eigenvalue weighted by Gasteiger charge is 2.23. The van der Waals surface area contributed by atoms with Gasteiger partial charge in [0.25, 0.3) is 0 Å². The molecule has 0 amide bonds. The third kappa shape index (κ3) is 2.79. The van der Waals surface area contributed by atoms with Crippen molar-refractivity contribution in [2.45, 2.75) is 26.2 Å². The molecule has 0 aromatic rings. The summed E-state index contributed by atoms with van der Waals surface area (Å²) in [4.78, 5) is 0. The minimum atomic E-state index is -2.94. The number of sulfonamides is 1. The molecule has 4 heteroatoms. The van der Waals surface area contributed by atoms with Crippen molar-refractivity contribution in [1.29, 1.82) is 0 Å². The van der Waals surface area contributed by atoms with Crippen LogP contribution in [0.15, 0.2) is 0 Å². The molecule has 1 rings (SSSR count). The molecule has 1 N–H and O–H groups in total. The van der Waals surface area contributed by atoms with Crippen LogP contribution in [0.2, 0.25) is 0 Å². The second-order valence-electron chi connectivity index (χ2n) is 3.08. The molecule has 1 aliphatic rings. The van der Waals surface area contributed by atoms with Gasteiger partial charge in [-0.2, -0.15) is 0 Å². The zero-order chi connectivity index (χ0) is 8.32. The van der Waals surface area contributed by atoms with Crippen LogP contribution in [-0.2, 0) is 10.0 Å². The van der Waals surface area contributed by atoms with Crippen LogP contribution in [0.25, 0.3) is 0 Å². The van der Waals surface area contributed by atoms with Gasteiger partial charge in [0.2, 0.25) is 10.0 Å². The molecule has 0 bridgehead atoms. The van der Waals surface area contributed by atoms with Crippen molar-refractivity contribution in [3.05, 3.63) is 0 Å². The molecule has 0 atom stereocenters. The van der Waals surface area contributed by atoms with E-state index < -0.39 is 10.0 Å². The first-order chi connectivity index (χ1) is 5.14. The molecule has 0 radical (unpaired) electrons. The van der Waals surface area contributed by atoms with Crippen molar-refractivity contribution in [1.82, 2.24) is 4.72 Å². The smallest absolute Gasteiger partial charge is 0.211 e. The zero-order valence-corrected chi connectivity index (χ0v) is 7.65. The highest BCUT2D eigenvalue weighted by Crippen LogP contribution is 2.27. The van der Waals surface area contributed by atoms with Crippen LogP contribution in [0.3, 0.4) is 0 Å². The van der Waals surface area contributed by atoms with E-state index in [0.29, 0.717) is 18.2 Å². The Bertz CT molecular complexity index is 206. The van der Waals surface area contributed by atoms with Crippen LogP contribution in [-0.4, -0.2) is 20.7 Å². The number of hydrogen-bond acceptors (Lipinski definition) is 2. The molecule has 1 fully saturated rings. The first-order valence-electron chi connectivity index (χ1n) is 4.11. The van der Waals surface area contributed by atoms with E-state index in [1.807, 2.05) is 0 Å². The average Bonchev–Trinajstić information content (AvgIpc) is 1.79. The summed E-state index contributed by atoms with van der Waals surface area (Å²) < 4.78 is 24.7. The predicted molar refractivity (Wildman–Crippen MR) is 44.8 cm³/mol. The molecule has 66 valence electrons. The topological polar surface area (TPSA) is 46.2 Å². The van der Waals surface area contributed by atoms with Crippen LogP contribution in [0.1, 0.15) is 26.2 Å². The molecular formula is C7H15NO2S.